The van der Waals surface area contributed by atoms with Gasteiger partial charge in [0.05, 0.1) is 21.9 Å². The Bertz CT molecular complexity index is 109. The molecule has 0 radical (unpaired) electrons. The van der Waals surface area contributed by atoms with Crippen LogP contribution in [0.15, 0.2) is 0 Å². The van der Waals surface area contributed by atoms with Crippen molar-refractivity contribution in [1.82, 2.24) is 0 Å². The molecule has 6 heteroatoms. The molecule has 0 spiro atoms. The topological polar surface area (TPSA) is 40.5 Å². The van der Waals surface area contributed by atoms with E-state index in [9.17, 15) is 10.2 Å². The van der Waals surface area contributed by atoms with E-state index in [4.69, 9.17) is 0 Å². The Morgan fingerprint density at radius 2 is 0.833 bits per heavy atom. The van der Waals surface area contributed by atoms with Crippen LogP contribution in [0.25, 0.3) is 0 Å². The van der Waals surface area contributed by atoms with Crippen LogP contribution in [-0.4, -0.2) is 41.7 Å². The van der Waals surface area contributed by atoms with Gasteiger partial charge in [0.15, 0.2) is 0 Å². The molecule has 0 bridgehead atoms. The van der Waals surface area contributed by atoms with Gasteiger partial charge in [-0.1, -0.05) is 63.7 Å². The van der Waals surface area contributed by atoms with Crippen LogP contribution in [0.4, 0.5) is 0 Å². The molecule has 1 fully saturated rings. The fourth-order valence-electron chi connectivity index (χ4n) is 1.10. The van der Waals surface area contributed by atoms with E-state index in [1.54, 1.807) is 0 Å². The van der Waals surface area contributed by atoms with Gasteiger partial charge in [-0.25, -0.2) is 0 Å². The molecule has 0 saturated heterocycles. The van der Waals surface area contributed by atoms with E-state index in [0.29, 0.717) is 0 Å². The van der Waals surface area contributed by atoms with Crippen LogP contribution in [0.2, 0.25) is 0 Å². The zero-order valence-electron chi connectivity index (χ0n) is 5.87. The molecule has 0 amide bonds. The third-order valence-corrected chi connectivity index (χ3v) is 8.54. The van der Waals surface area contributed by atoms with E-state index in [2.05, 4.69) is 63.7 Å². The Balaban J connectivity index is 2.76. The van der Waals surface area contributed by atoms with Crippen molar-refractivity contribution in [2.75, 3.05) is 0 Å². The summed E-state index contributed by atoms with van der Waals surface area (Å²) in [4.78, 5) is -0.0723. The standard InChI is InChI=1S/C6H8Br4O2/c7-1-2(8)4(10)6(12)5(11)3(1)9/h1-6,11-12H/t1-,2-,3+,4+,5-,6+/m0/s1. The number of hydrogen-bond donors (Lipinski definition) is 2. The Kier molecular flexibility index (Phi) is 4.54. The summed E-state index contributed by atoms with van der Waals surface area (Å²) in [7, 11) is 0. The second-order valence-corrected chi connectivity index (χ2v) is 6.99. The summed E-state index contributed by atoms with van der Waals surface area (Å²) in [5.41, 5.74) is 0. The maximum Gasteiger partial charge on any atom is 0.0946 e. The molecule has 2 nitrogen and oxygen atoms in total. The molecule has 1 aliphatic carbocycles. The number of rotatable bonds is 0. The van der Waals surface area contributed by atoms with Gasteiger partial charge in [0.2, 0.25) is 0 Å². The summed E-state index contributed by atoms with van der Waals surface area (Å²) in [6, 6.07) is 0. The predicted octanol–water partition coefficient (Wildman–Crippen LogP) is 1.78. The zero-order valence-corrected chi connectivity index (χ0v) is 12.2. The van der Waals surface area contributed by atoms with E-state index in [0.717, 1.165) is 0 Å². The van der Waals surface area contributed by atoms with E-state index < -0.39 is 12.2 Å². The number of aliphatic hydroxyl groups excluding tert-OH is 2. The molecule has 0 aromatic heterocycles. The lowest BCUT2D eigenvalue weighted by atomic mass is 9.94. The lowest BCUT2D eigenvalue weighted by Crippen LogP contribution is -2.55. The minimum Gasteiger partial charge on any atom is -0.389 e. The van der Waals surface area contributed by atoms with E-state index in [1.165, 1.54) is 0 Å². The molecule has 0 unspecified atom stereocenters. The highest BCUT2D eigenvalue weighted by atomic mass is 79.9. The lowest BCUT2D eigenvalue weighted by Gasteiger charge is -2.39. The number of hydrogen-bond acceptors (Lipinski definition) is 2. The van der Waals surface area contributed by atoms with Gasteiger partial charge in [0, 0.05) is 9.65 Å². The van der Waals surface area contributed by atoms with E-state index >= 15 is 0 Å². The molecule has 72 valence electrons. The second kappa shape index (κ2) is 4.57. The average molecular weight is 432 g/mol. The highest BCUT2D eigenvalue weighted by molar-refractivity contribution is 9.14. The maximum absolute atomic E-state index is 9.53. The summed E-state index contributed by atoms with van der Waals surface area (Å²) in [6.45, 7) is 0. The van der Waals surface area contributed by atoms with Crippen molar-refractivity contribution in [3.8, 4) is 0 Å². The highest BCUT2D eigenvalue weighted by Gasteiger charge is 2.45. The molecular formula is C6H8Br4O2. The lowest BCUT2D eigenvalue weighted by molar-refractivity contribution is 0.00688. The van der Waals surface area contributed by atoms with Crippen LogP contribution in [0.1, 0.15) is 0 Å². The van der Waals surface area contributed by atoms with Gasteiger partial charge in [-0.05, 0) is 0 Å². The Hall–Kier alpha value is 1.84. The normalized spacial score (nSPS) is 55.5. The Morgan fingerprint density at radius 3 is 1.08 bits per heavy atom. The summed E-state index contributed by atoms with van der Waals surface area (Å²) in [5, 5.41) is 19.1. The predicted molar refractivity (Wildman–Crippen MR) is 62.9 cm³/mol. The molecule has 1 rings (SSSR count). The first-order valence-corrected chi connectivity index (χ1v) is 7.05. The number of halogens is 4. The van der Waals surface area contributed by atoms with Crippen molar-refractivity contribution in [3.05, 3.63) is 0 Å². The molecule has 1 saturated carbocycles. The molecule has 0 heterocycles. The first kappa shape index (κ1) is 11.9. The van der Waals surface area contributed by atoms with Gasteiger partial charge >= 0.3 is 0 Å². The largest absolute Gasteiger partial charge is 0.389 e. The number of aliphatic hydroxyl groups is 2. The monoisotopic (exact) mass is 428 g/mol. The van der Waals surface area contributed by atoms with Gasteiger partial charge in [-0.3, -0.25) is 0 Å². The molecule has 1 aliphatic rings. The van der Waals surface area contributed by atoms with Crippen molar-refractivity contribution >= 4 is 63.7 Å². The van der Waals surface area contributed by atoms with Gasteiger partial charge in [-0.15, -0.1) is 0 Å². The van der Waals surface area contributed by atoms with Crippen LogP contribution < -0.4 is 0 Å². The van der Waals surface area contributed by atoms with Crippen molar-refractivity contribution in [2.24, 2.45) is 0 Å². The van der Waals surface area contributed by atoms with Gasteiger partial charge in [0.1, 0.15) is 0 Å². The third-order valence-electron chi connectivity index (χ3n) is 1.92. The van der Waals surface area contributed by atoms with Gasteiger partial charge in [-0.2, -0.15) is 0 Å². The van der Waals surface area contributed by atoms with Gasteiger partial charge in [0.25, 0.3) is 0 Å². The third kappa shape index (κ3) is 2.08. The first-order chi connectivity index (χ1) is 5.46. The van der Waals surface area contributed by atoms with Crippen LogP contribution in [0.5, 0.6) is 0 Å². The fourth-order valence-corrected chi connectivity index (χ4v) is 4.49. The van der Waals surface area contributed by atoms with Crippen LogP contribution in [0, 0.1) is 0 Å². The molecule has 0 aromatic carbocycles. The summed E-state index contributed by atoms with van der Waals surface area (Å²) >= 11 is 13.5. The van der Waals surface area contributed by atoms with E-state index in [1.807, 2.05) is 0 Å². The quantitative estimate of drug-likeness (QED) is 0.574. The zero-order chi connectivity index (χ0) is 9.46. The minimum absolute atomic E-state index is 0.0975. The molecular weight excluding hydrogens is 424 g/mol. The molecule has 0 aliphatic heterocycles. The second-order valence-electron chi connectivity index (χ2n) is 2.76. The van der Waals surface area contributed by atoms with E-state index in [-0.39, 0.29) is 19.3 Å². The number of alkyl halides is 4. The fraction of sp³-hybridized carbons (Fsp3) is 1.00. The first-order valence-electron chi connectivity index (χ1n) is 3.39. The summed E-state index contributed by atoms with van der Waals surface area (Å²) in [5.74, 6) is 0. The highest BCUT2D eigenvalue weighted by Crippen LogP contribution is 2.38. The smallest absolute Gasteiger partial charge is 0.0946 e. The van der Waals surface area contributed by atoms with Crippen LogP contribution >= 0.6 is 63.7 Å². The van der Waals surface area contributed by atoms with Crippen molar-refractivity contribution in [1.29, 1.82) is 0 Å². The van der Waals surface area contributed by atoms with Crippen LogP contribution in [-0.2, 0) is 0 Å². The molecule has 2 N–H and O–H groups in total. The maximum atomic E-state index is 9.53. The van der Waals surface area contributed by atoms with Crippen molar-refractivity contribution in [2.45, 2.75) is 31.5 Å². The molecule has 0 aromatic rings. The van der Waals surface area contributed by atoms with Crippen molar-refractivity contribution < 1.29 is 10.2 Å². The average Bonchev–Trinajstić information content (AvgIpc) is 2.08. The summed E-state index contributed by atoms with van der Waals surface area (Å²) in [6.07, 6.45) is -1.49. The molecule has 12 heavy (non-hydrogen) atoms. The summed E-state index contributed by atoms with van der Waals surface area (Å²) < 4.78 is 0. The molecule has 6 atom stereocenters. The van der Waals surface area contributed by atoms with Crippen LogP contribution in [0.3, 0.4) is 0 Å². The SMILES string of the molecule is O[C@@H]1[C@H](O)[C@H](Br)[C@@H](Br)[C@H](Br)[C@H]1Br. The Morgan fingerprint density at radius 1 is 0.583 bits per heavy atom. The van der Waals surface area contributed by atoms with Crippen molar-refractivity contribution in [3.63, 3.8) is 0 Å². The minimum atomic E-state index is -0.743. The Labute approximate surface area is 105 Å². The van der Waals surface area contributed by atoms with Gasteiger partial charge < -0.3 is 10.2 Å².